The molecule has 0 aromatic carbocycles. The summed E-state index contributed by atoms with van der Waals surface area (Å²) in [7, 11) is 0. The van der Waals surface area contributed by atoms with Crippen LogP contribution in [-0.2, 0) is 4.74 Å². The first kappa shape index (κ1) is 13.9. The summed E-state index contributed by atoms with van der Waals surface area (Å²) < 4.78 is 5.64. The molecule has 0 saturated carbocycles. The quantitative estimate of drug-likeness (QED) is 0.643. The lowest BCUT2D eigenvalue weighted by molar-refractivity contribution is -0.00480. The van der Waals surface area contributed by atoms with E-state index in [4.69, 9.17) is 10.5 Å². The van der Waals surface area contributed by atoms with Crippen LogP contribution >= 0.6 is 0 Å². The largest absolute Gasteiger partial charge is 0.376 e. The number of nitrogens with two attached hydrogens (primary N) is 1. The number of hydrogen-bond donors (Lipinski definition) is 1. The summed E-state index contributed by atoms with van der Waals surface area (Å²) in [5, 5.41) is 0. The SMILES string of the molecule is CC(CN)CCCCCOC(C)(C)C. The van der Waals surface area contributed by atoms with Gasteiger partial charge < -0.3 is 10.5 Å². The Morgan fingerprint density at radius 1 is 1.14 bits per heavy atom. The standard InChI is InChI=1S/C12H27NO/c1-11(10-13)8-6-5-7-9-14-12(2,3)4/h11H,5-10,13H2,1-4H3. The van der Waals surface area contributed by atoms with E-state index in [2.05, 4.69) is 27.7 Å². The number of ether oxygens (including phenoxy) is 1. The maximum Gasteiger partial charge on any atom is 0.0598 e. The monoisotopic (exact) mass is 201 g/mol. The van der Waals surface area contributed by atoms with Crippen molar-refractivity contribution in [3.63, 3.8) is 0 Å². The van der Waals surface area contributed by atoms with Crippen molar-refractivity contribution in [3.8, 4) is 0 Å². The molecule has 1 atom stereocenters. The van der Waals surface area contributed by atoms with Crippen LogP contribution in [0.4, 0.5) is 0 Å². The highest BCUT2D eigenvalue weighted by Crippen LogP contribution is 2.11. The van der Waals surface area contributed by atoms with Gasteiger partial charge in [0.15, 0.2) is 0 Å². The van der Waals surface area contributed by atoms with Crippen molar-refractivity contribution in [1.29, 1.82) is 0 Å². The predicted octanol–water partition coefficient (Wildman–Crippen LogP) is 2.96. The molecule has 14 heavy (non-hydrogen) atoms. The smallest absolute Gasteiger partial charge is 0.0598 e. The van der Waals surface area contributed by atoms with Crippen LogP contribution < -0.4 is 5.73 Å². The zero-order valence-corrected chi connectivity index (χ0v) is 10.3. The Hall–Kier alpha value is -0.0800. The Bertz CT molecular complexity index is 129. The van der Waals surface area contributed by atoms with E-state index >= 15 is 0 Å². The Morgan fingerprint density at radius 2 is 1.79 bits per heavy atom. The first-order chi connectivity index (χ1) is 6.45. The molecule has 86 valence electrons. The topological polar surface area (TPSA) is 35.2 Å². The lowest BCUT2D eigenvalue weighted by Gasteiger charge is -2.19. The van der Waals surface area contributed by atoms with Crippen LogP contribution in [0.15, 0.2) is 0 Å². The second kappa shape index (κ2) is 7.24. The summed E-state index contributed by atoms with van der Waals surface area (Å²) in [4.78, 5) is 0. The number of hydrogen-bond acceptors (Lipinski definition) is 2. The third kappa shape index (κ3) is 10.0. The molecule has 0 fully saturated rings. The van der Waals surface area contributed by atoms with Gasteiger partial charge in [-0.15, -0.1) is 0 Å². The minimum Gasteiger partial charge on any atom is -0.376 e. The Balaban J connectivity index is 3.14. The van der Waals surface area contributed by atoms with Crippen LogP contribution in [0.2, 0.25) is 0 Å². The van der Waals surface area contributed by atoms with Gasteiger partial charge in [-0.2, -0.15) is 0 Å². The van der Waals surface area contributed by atoms with Crippen molar-refractivity contribution in [1.82, 2.24) is 0 Å². The highest BCUT2D eigenvalue weighted by molar-refractivity contribution is 4.59. The van der Waals surface area contributed by atoms with E-state index in [9.17, 15) is 0 Å². The lowest BCUT2D eigenvalue weighted by atomic mass is 10.0. The molecule has 0 aromatic rings. The molecule has 0 spiro atoms. The van der Waals surface area contributed by atoms with Crippen molar-refractivity contribution >= 4 is 0 Å². The summed E-state index contributed by atoms with van der Waals surface area (Å²) in [6, 6.07) is 0. The molecule has 0 saturated heterocycles. The number of unbranched alkanes of at least 4 members (excludes halogenated alkanes) is 2. The molecule has 0 radical (unpaired) electrons. The first-order valence-electron chi connectivity index (χ1n) is 5.79. The normalized spacial score (nSPS) is 14.4. The molecule has 0 aromatic heterocycles. The second-order valence-electron chi connectivity index (χ2n) is 5.15. The summed E-state index contributed by atoms with van der Waals surface area (Å²) in [6.07, 6.45) is 4.98. The highest BCUT2D eigenvalue weighted by atomic mass is 16.5. The number of rotatable bonds is 7. The van der Waals surface area contributed by atoms with Crippen LogP contribution in [0, 0.1) is 5.92 Å². The van der Waals surface area contributed by atoms with Crippen LogP contribution in [0.1, 0.15) is 53.4 Å². The Labute approximate surface area is 89.2 Å². The van der Waals surface area contributed by atoms with Crippen LogP contribution in [0.25, 0.3) is 0 Å². The Kier molecular flexibility index (Phi) is 7.20. The van der Waals surface area contributed by atoms with Crippen LogP contribution in [0.5, 0.6) is 0 Å². The maximum atomic E-state index is 5.64. The molecular weight excluding hydrogens is 174 g/mol. The molecule has 1 unspecified atom stereocenters. The van der Waals surface area contributed by atoms with Crippen LogP contribution in [0.3, 0.4) is 0 Å². The predicted molar refractivity (Wildman–Crippen MR) is 62.4 cm³/mol. The van der Waals surface area contributed by atoms with Gasteiger partial charge in [0, 0.05) is 6.61 Å². The fourth-order valence-corrected chi connectivity index (χ4v) is 1.27. The summed E-state index contributed by atoms with van der Waals surface area (Å²) in [6.45, 7) is 10.2. The van der Waals surface area contributed by atoms with Crippen molar-refractivity contribution in [2.75, 3.05) is 13.2 Å². The average Bonchev–Trinajstić information content (AvgIpc) is 2.08. The van der Waals surface area contributed by atoms with E-state index in [1.807, 2.05) is 0 Å². The van der Waals surface area contributed by atoms with E-state index in [0.717, 1.165) is 13.2 Å². The fraction of sp³-hybridized carbons (Fsp3) is 1.00. The third-order valence-electron chi connectivity index (χ3n) is 2.28. The third-order valence-corrected chi connectivity index (χ3v) is 2.28. The van der Waals surface area contributed by atoms with Crippen LogP contribution in [-0.4, -0.2) is 18.8 Å². The van der Waals surface area contributed by atoms with E-state index in [0.29, 0.717) is 5.92 Å². The van der Waals surface area contributed by atoms with E-state index in [-0.39, 0.29) is 5.60 Å². The molecule has 2 nitrogen and oxygen atoms in total. The highest BCUT2D eigenvalue weighted by Gasteiger charge is 2.08. The minimum absolute atomic E-state index is 0.0184. The van der Waals surface area contributed by atoms with Gasteiger partial charge in [-0.1, -0.05) is 19.8 Å². The lowest BCUT2D eigenvalue weighted by Crippen LogP contribution is -2.19. The molecule has 0 amide bonds. The van der Waals surface area contributed by atoms with Crippen molar-refractivity contribution in [2.45, 2.75) is 59.0 Å². The second-order valence-corrected chi connectivity index (χ2v) is 5.15. The molecule has 2 heteroatoms. The van der Waals surface area contributed by atoms with Gasteiger partial charge >= 0.3 is 0 Å². The molecule has 0 aliphatic rings. The van der Waals surface area contributed by atoms with Gasteiger partial charge in [0.25, 0.3) is 0 Å². The molecule has 0 bridgehead atoms. The van der Waals surface area contributed by atoms with Crippen molar-refractivity contribution in [2.24, 2.45) is 11.7 Å². The van der Waals surface area contributed by atoms with Crippen molar-refractivity contribution < 1.29 is 4.74 Å². The molecule has 0 aliphatic heterocycles. The van der Waals surface area contributed by atoms with Crippen molar-refractivity contribution in [3.05, 3.63) is 0 Å². The molecule has 0 aliphatic carbocycles. The average molecular weight is 201 g/mol. The van der Waals surface area contributed by atoms with Gasteiger partial charge in [0.1, 0.15) is 0 Å². The zero-order chi connectivity index (χ0) is 11.0. The van der Waals surface area contributed by atoms with Gasteiger partial charge in [0.05, 0.1) is 5.60 Å². The zero-order valence-electron chi connectivity index (χ0n) is 10.3. The maximum absolute atomic E-state index is 5.64. The van der Waals surface area contributed by atoms with E-state index in [1.165, 1.54) is 25.7 Å². The molecule has 0 rings (SSSR count). The van der Waals surface area contributed by atoms with E-state index < -0.39 is 0 Å². The van der Waals surface area contributed by atoms with Gasteiger partial charge in [-0.25, -0.2) is 0 Å². The summed E-state index contributed by atoms with van der Waals surface area (Å²) >= 11 is 0. The Morgan fingerprint density at radius 3 is 2.29 bits per heavy atom. The van der Waals surface area contributed by atoms with Gasteiger partial charge in [-0.05, 0) is 46.1 Å². The molecule has 2 N–H and O–H groups in total. The molecule has 0 heterocycles. The molecular formula is C12H27NO. The summed E-state index contributed by atoms with van der Waals surface area (Å²) in [5.41, 5.74) is 5.56. The first-order valence-corrected chi connectivity index (χ1v) is 5.79. The fourth-order valence-electron chi connectivity index (χ4n) is 1.27. The van der Waals surface area contributed by atoms with E-state index in [1.54, 1.807) is 0 Å². The van der Waals surface area contributed by atoms with Gasteiger partial charge in [0.2, 0.25) is 0 Å². The van der Waals surface area contributed by atoms with Gasteiger partial charge in [-0.3, -0.25) is 0 Å². The minimum atomic E-state index is 0.0184. The summed E-state index contributed by atoms with van der Waals surface area (Å²) in [5.74, 6) is 0.679.